The molecule has 98 valence electrons. The molecule has 1 fully saturated rings. The van der Waals surface area contributed by atoms with Crippen LogP contribution in [0.3, 0.4) is 0 Å². The van der Waals surface area contributed by atoms with E-state index in [1.54, 1.807) is 6.92 Å². The highest BCUT2D eigenvalue weighted by atomic mass is 16.6. The number of hydrazine groups is 1. The van der Waals surface area contributed by atoms with Crippen molar-refractivity contribution in [1.29, 1.82) is 0 Å². The number of ether oxygens (including phenoxy) is 1. The zero-order chi connectivity index (χ0) is 13.4. The van der Waals surface area contributed by atoms with Crippen molar-refractivity contribution in [2.45, 2.75) is 38.0 Å². The van der Waals surface area contributed by atoms with Crippen LogP contribution in [0.15, 0.2) is 30.3 Å². The summed E-state index contributed by atoms with van der Waals surface area (Å²) in [6.45, 7) is 3.18. The Morgan fingerprint density at radius 3 is 2.44 bits per heavy atom. The molecule has 1 aromatic carbocycles. The molecular formula is C13H18N2O3. The predicted octanol–water partition coefficient (Wildman–Crippen LogP) is 1.41. The molecule has 1 aromatic rings. The van der Waals surface area contributed by atoms with E-state index in [0.717, 1.165) is 10.6 Å². The quantitative estimate of drug-likeness (QED) is 0.628. The van der Waals surface area contributed by atoms with Crippen LogP contribution in [-0.4, -0.2) is 27.5 Å². The minimum absolute atomic E-state index is 0.503. The van der Waals surface area contributed by atoms with E-state index in [1.807, 2.05) is 30.3 Å². The molecule has 2 atom stereocenters. The normalized spacial score (nSPS) is 31.6. The highest BCUT2D eigenvalue weighted by molar-refractivity contribution is 5.71. The topological polar surface area (TPSA) is 75.8 Å². The highest BCUT2D eigenvalue weighted by Crippen LogP contribution is 2.38. The zero-order valence-electron chi connectivity index (χ0n) is 10.6. The van der Waals surface area contributed by atoms with Crippen molar-refractivity contribution in [2.75, 3.05) is 0 Å². The Morgan fingerprint density at radius 2 is 1.94 bits per heavy atom. The molecule has 5 nitrogen and oxygen atoms in total. The minimum Gasteiger partial charge on any atom is -0.437 e. The van der Waals surface area contributed by atoms with E-state index in [0.29, 0.717) is 12.8 Å². The summed E-state index contributed by atoms with van der Waals surface area (Å²) in [4.78, 5) is 11.4. The smallest absolute Gasteiger partial charge is 0.427 e. The van der Waals surface area contributed by atoms with Gasteiger partial charge >= 0.3 is 6.09 Å². The van der Waals surface area contributed by atoms with Crippen LogP contribution in [0.2, 0.25) is 0 Å². The average Bonchev–Trinajstić information content (AvgIpc) is 2.50. The molecule has 1 amide bonds. The molecule has 0 aromatic heterocycles. The maximum absolute atomic E-state index is 11.4. The molecule has 1 aliphatic heterocycles. The predicted molar refractivity (Wildman–Crippen MR) is 66.3 cm³/mol. The Kier molecular flexibility index (Phi) is 3.04. The Hall–Kier alpha value is -1.59. The van der Waals surface area contributed by atoms with Gasteiger partial charge < -0.3 is 9.84 Å². The maximum atomic E-state index is 11.4. The molecule has 1 heterocycles. The second kappa shape index (κ2) is 4.26. The Balaban J connectivity index is 2.11. The summed E-state index contributed by atoms with van der Waals surface area (Å²) in [6.07, 6.45) is 0.508. The molecule has 0 bridgehead atoms. The standard InChI is InChI=1S/C13H18N2O3/c1-12(9-8-10-6-4-3-5-7-10)13(2,17)15(14)11(16)18-12/h3-7,17H,8-9,14H2,1-2H3/t12-,13-/m0/s1. The summed E-state index contributed by atoms with van der Waals surface area (Å²) in [7, 11) is 0. The van der Waals surface area contributed by atoms with Gasteiger partial charge in [0.25, 0.3) is 0 Å². The van der Waals surface area contributed by atoms with Gasteiger partial charge in [-0.2, -0.15) is 0 Å². The number of benzene rings is 1. The van der Waals surface area contributed by atoms with Crippen molar-refractivity contribution < 1.29 is 14.6 Å². The Bertz CT molecular complexity index is 447. The van der Waals surface area contributed by atoms with Crippen molar-refractivity contribution in [3.05, 3.63) is 35.9 Å². The number of amides is 1. The van der Waals surface area contributed by atoms with E-state index in [9.17, 15) is 9.90 Å². The molecular weight excluding hydrogens is 232 g/mol. The molecule has 5 heteroatoms. The van der Waals surface area contributed by atoms with Crippen LogP contribution in [0.25, 0.3) is 0 Å². The fourth-order valence-electron chi connectivity index (χ4n) is 2.09. The number of carbonyl (C=O) groups excluding carboxylic acids is 1. The summed E-state index contributed by atoms with van der Waals surface area (Å²) >= 11 is 0. The Morgan fingerprint density at radius 1 is 1.33 bits per heavy atom. The van der Waals surface area contributed by atoms with Gasteiger partial charge in [0, 0.05) is 0 Å². The van der Waals surface area contributed by atoms with Crippen LogP contribution in [0.4, 0.5) is 4.79 Å². The number of cyclic esters (lactones) is 1. The molecule has 0 saturated carbocycles. The second-order valence-electron chi connectivity index (χ2n) is 4.98. The minimum atomic E-state index is -1.50. The molecule has 1 saturated heterocycles. The number of nitrogens with two attached hydrogens (primary N) is 1. The lowest BCUT2D eigenvalue weighted by Gasteiger charge is -2.35. The van der Waals surface area contributed by atoms with Gasteiger partial charge in [0.05, 0.1) is 0 Å². The molecule has 0 unspecified atom stereocenters. The van der Waals surface area contributed by atoms with Crippen molar-refractivity contribution in [1.82, 2.24) is 5.01 Å². The van der Waals surface area contributed by atoms with Gasteiger partial charge in [-0.05, 0) is 32.3 Å². The summed E-state index contributed by atoms with van der Waals surface area (Å²) in [6, 6.07) is 9.83. The van der Waals surface area contributed by atoms with Gasteiger partial charge in [-0.3, -0.25) is 0 Å². The number of rotatable bonds is 3. The fraction of sp³-hybridized carbons (Fsp3) is 0.462. The number of carbonyl (C=O) groups is 1. The largest absolute Gasteiger partial charge is 0.437 e. The van der Waals surface area contributed by atoms with Crippen LogP contribution in [0, 0.1) is 0 Å². The fourth-order valence-corrected chi connectivity index (χ4v) is 2.09. The van der Waals surface area contributed by atoms with Crippen molar-refractivity contribution in [3.63, 3.8) is 0 Å². The SMILES string of the molecule is C[C@@]1(CCc2ccccc2)OC(=O)N(N)[C@@]1(C)O. The van der Waals surface area contributed by atoms with E-state index in [1.165, 1.54) is 6.92 Å². The lowest BCUT2D eigenvalue weighted by molar-refractivity contribution is -0.139. The first-order valence-corrected chi connectivity index (χ1v) is 5.91. The molecule has 0 aliphatic carbocycles. The van der Waals surface area contributed by atoms with Crippen LogP contribution < -0.4 is 5.84 Å². The summed E-state index contributed by atoms with van der Waals surface area (Å²) in [5, 5.41) is 11.0. The zero-order valence-corrected chi connectivity index (χ0v) is 10.6. The van der Waals surface area contributed by atoms with Gasteiger partial charge in [-0.1, -0.05) is 30.3 Å². The van der Waals surface area contributed by atoms with Crippen molar-refractivity contribution >= 4 is 6.09 Å². The molecule has 3 N–H and O–H groups in total. The van der Waals surface area contributed by atoms with Crippen LogP contribution in [0.1, 0.15) is 25.8 Å². The molecule has 2 rings (SSSR count). The van der Waals surface area contributed by atoms with E-state index < -0.39 is 17.4 Å². The number of aliphatic hydroxyl groups is 1. The first kappa shape index (κ1) is 12.9. The van der Waals surface area contributed by atoms with Crippen LogP contribution in [-0.2, 0) is 11.2 Å². The van der Waals surface area contributed by atoms with E-state index in [4.69, 9.17) is 10.6 Å². The van der Waals surface area contributed by atoms with Gasteiger partial charge in [0.1, 0.15) is 0 Å². The lowest BCUT2D eigenvalue weighted by atomic mass is 9.88. The Labute approximate surface area is 106 Å². The summed E-state index contributed by atoms with van der Waals surface area (Å²) in [5.74, 6) is 5.51. The first-order chi connectivity index (χ1) is 8.37. The first-order valence-electron chi connectivity index (χ1n) is 5.91. The molecule has 0 radical (unpaired) electrons. The highest BCUT2D eigenvalue weighted by Gasteiger charge is 2.58. The van der Waals surface area contributed by atoms with Gasteiger partial charge in [0.2, 0.25) is 0 Å². The second-order valence-corrected chi connectivity index (χ2v) is 4.98. The van der Waals surface area contributed by atoms with E-state index in [-0.39, 0.29) is 0 Å². The van der Waals surface area contributed by atoms with E-state index >= 15 is 0 Å². The number of hydrogen-bond acceptors (Lipinski definition) is 4. The van der Waals surface area contributed by atoms with Gasteiger partial charge in [-0.15, -0.1) is 0 Å². The maximum Gasteiger partial charge on any atom is 0.427 e. The summed E-state index contributed by atoms with van der Waals surface area (Å²) in [5.41, 5.74) is -1.38. The van der Waals surface area contributed by atoms with Crippen LogP contribution >= 0.6 is 0 Å². The van der Waals surface area contributed by atoms with Crippen LogP contribution in [0.5, 0.6) is 0 Å². The molecule has 1 aliphatic rings. The number of nitrogens with zero attached hydrogens (tertiary/aromatic N) is 1. The lowest BCUT2D eigenvalue weighted by Crippen LogP contribution is -2.57. The van der Waals surface area contributed by atoms with Gasteiger partial charge in [0.15, 0.2) is 11.3 Å². The van der Waals surface area contributed by atoms with E-state index in [2.05, 4.69) is 0 Å². The monoisotopic (exact) mass is 250 g/mol. The molecule has 18 heavy (non-hydrogen) atoms. The van der Waals surface area contributed by atoms with Crippen molar-refractivity contribution in [3.8, 4) is 0 Å². The molecule has 0 spiro atoms. The third kappa shape index (κ3) is 1.95. The number of aryl methyl sites for hydroxylation is 1. The average molecular weight is 250 g/mol. The van der Waals surface area contributed by atoms with Crippen molar-refractivity contribution in [2.24, 2.45) is 5.84 Å². The third-order valence-corrected chi connectivity index (χ3v) is 3.71. The summed E-state index contributed by atoms with van der Waals surface area (Å²) < 4.78 is 5.21. The van der Waals surface area contributed by atoms with Gasteiger partial charge in [-0.25, -0.2) is 15.6 Å². The number of hydrogen-bond donors (Lipinski definition) is 2. The third-order valence-electron chi connectivity index (χ3n) is 3.71.